The number of hydrogen-bond acceptors (Lipinski definition) is 5. The van der Waals surface area contributed by atoms with E-state index in [1.807, 2.05) is 0 Å². The summed E-state index contributed by atoms with van der Waals surface area (Å²) in [6.07, 6.45) is 7.44. The summed E-state index contributed by atoms with van der Waals surface area (Å²) in [7, 11) is 1.75. The first-order chi connectivity index (χ1) is 8.69. The van der Waals surface area contributed by atoms with Crippen LogP contribution in [-0.2, 0) is 4.74 Å². The Hall–Kier alpha value is -1.69. The Morgan fingerprint density at radius 2 is 1.94 bits per heavy atom. The van der Waals surface area contributed by atoms with Gasteiger partial charge in [-0.2, -0.15) is 0 Å². The van der Waals surface area contributed by atoms with E-state index in [1.54, 1.807) is 7.11 Å². The highest BCUT2D eigenvalue weighted by Gasteiger charge is 2.21. The fourth-order valence-corrected chi connectivity index (χ4v) is 2.16. The molecule has 0 aromatic carbocycles. The molecular weight excluding hydrogens is 232 g/mol. The summed E-state index contributed by atoms with van der Waals surface area (Å²) in [5.74, 6) is 0.0306. The molecule has 0 unspecified atom stereocenters. The number of nitrogens with zero attached hydrogens (tertiary/aromatic N) is 2. The lowest BCUT2D eigenvalue weighted by molar-refractivity contribution is 0.0681. The van der Waals surface area contributed by atoms with Gasteiger partial charge in [-0.25, -0.2) is 9.97 Å². The van der Waals surface area contributed by atoms with E-state index in [1.165, 1.54) is 12.4 Å². The van der Waals surface area contributed by atoms with E-state index in [-0.39, 0.29) is 0 Å². The Morgan fingerprint density at radius 3 is 2.44 bits per heavy atom. The van der Waals surface area contributed by atoms with Crippen LogP contribution in [-0.4, -0.2) is 35.1 Å². The Balaban J connectivity index is 1.88. The Morgan fingerprint density at radius 1 is 1.33 bits per heavy atom. The highest BCUT2D eigenvalue weighted by atomic mass is 16.5. The summed E-state index contributed by atoms with van der Waals surface area (Å²) in [6, 6.07) is 0.371. The molecule has 0 saturated heterocycles. The van der Waals surface area contributed by atoms with Gasteiger partial charge in [0.05, 0.1) is 11.7 Å². The number of nitrogens with one attached hydrogen (secondary N) is 1. The number of anilines is 1. The lowest BCUT2D eigenvalue weighted by Gasteiger charge is -2.28. The summed E-state index contributed by atoms with van der Waals surface area (Å²) in [5.41, 5.74) is 5.45. The lowest BCUT2D eigenvalue weighted by Crippen LogP contribution is -2.29. The molecule has 2 rings (SSSR count). The quantitative estimate of drug-likeness (QED) is 0.830. The fraction of sp³-hybridized carbons (Fsp3) is 0.583. The van der Waals surface area contributed by atoms with Gasteiger partial charge in [0, 0.05) is 25.5 Å². The number of methoxy groups -OCH3 is 1. The van der Waals surface area contributed by atoms with Crippen molar-refractivity contribution in [1.29, 1.82) is 0 Å². The highest BCUT2D eigenvalue weighted by molar-refractivity contribution is 5.92. The molecule has 3 N–H and O–H groups in total. The molecule has 98 valence electrons. The summed E-state index contributed by atoms with van der Waals surface area (Å²) in [5, 5.41) is 3.26. The maximum absolute atomic E-state index is 10.9. The predicted octanol–water partition coefficient (Wildman–Crippen LogP) is 0.945. The van der Waals surface area contributed by atoms with E-state index < -0.39 is 5.91 Å². The molecule has 1 amide bonds. The Labute approximate surface area is 106 Å². The Bertz CT molecular complexity index is 399. The van der Waals surface area contributed by atoms with Crippen molar-refractivity contribution in [2.24, 2.45) is 5.73 Å². The first-order valence-corrected chi connectivity index (χ1v) is 6.10. The molecule has 1 saturated carbocycles. The number of hydrogen-bond donors (Lipinski definition) is 2. The van der Waals surface area contributed by atoms with Gasteiger partial charge in [-0.3, -0.25) is 4.79 Å². The van der Waals surface area contributed by atoms with Crippen molar-refractivity contribution < 1.29 is 9.53 Å². The van der Waals surface area contributed by atoms with Gasteiger partial charge < -0.3 is 15.8 Å². The summed E-state index contributed by atoms with van der Waals surface area (Å²) in [4.78, 5) is 19.0. The maximum Gasteiger partial charge on any atom is 0.251 e. The second-order valence-corrected chi connectivity index (χ2v) is 4.51. The molecule has 0 spiro atoms. The third kappa shape index (κ3) is 3.16. The predicted molar refractivity (Wildman–Crippen MR) is 67.2 cm³/mol. The molecule has 0 aliphatic heterocycles. The fourth-order valence-electron chi connectivity index (χ4n) is 2.16. The summed E-state index contributed by atoms with van der Waals surface area (Å²) >= 11 is 0. The average molecular weight is 250 g/mol. The average Bonchev–Trinajstić information content (AvgIpc) is 2.40. The topological polar surface area (TPSA) is 90.1 Å². The van der Waals surface area contributed by atoms with Crippen LogP contribution in [0.1, 0.15) is 36.0 Å². The van der Waals surface area contributed by atoms with Crippen molar-refractivity contribution in [2.45, 2.75) is 37.8 Å². The third-order valence-corrected chi connectivity index (χ3v) is 3.28. The number of carbonyl (C=O) groups excluding carboxylic acids is 1. The van der Waals surface area contributed by atoms with Gasteiger partial charge in [0.1, 0.15) is 0 Å². The standard InChI is InChI=1S/C12H18N4O2/c1-18-10-4-2-9(3-5-10)16-12-14-6-8(7-15-12)11(13)17/h6-7,9-10H,2-5H2,1H3,(H2,13,17)(H,14,15,16)/t9-,10-. The molecule has 6 nitrogen and oxygen atoms in total. The maximum atomic E-state index is 10.9. The lowest BCUT2D eigenvalue weighted by atomic mass is 9.93. The second kappa shape index (κ2) is 5.77. The number of rotatable bonds is 4. The number of carbonyl (C=O) groups is 1. The number of amides is 1. The largest absolute Gasteiger partial charge is 0.381 e. The number of nitrogens with two attached hydrogens (primary N) is 1. The van der Waals surface area contributed by atoms with Gasteiger partial charge in [-0.1, -0.05) is 0 Å². The van der Waals surface area contributed by atoms with E-state index in [0.29, 0.717) is 23.7 Å². The minimum absolute atomic E-state index is 0.323. The zero-order valence-corrected chi connectivity index (χ0v) is 10.4. The van der Waals surface area contributed by atoms with Gasteiger partial charge in [0.2, 0.25) is 5.95 Å². The molecule has 1 heterocycles. The van der Waals surface area contributed by atoms with Crippen LogP contribution in [0.25, 0.3) is 0 Å². The van der Waals surface area contributed by atoms with Gasteiger partial charge >= 0.3 is 0 Å². The van der Waals surface area contributed by atoms with Crippen LogP contribution in [0.15, 0.2) is 12.4 Å². The number of aromatic nitrogens is 2. The van der Waals surface area contributed by atoms with E-state index in [9.17, 15) is 4.79 Å². The van der Waals surface area contributed by atoms with Crippen LogP contribution in [0, 0.1) is 0 Å². The summed E-state index contributed by atoms with van der Waals surface area (Å²) in [6.45, 7) is 0. The van der Waals surface area contributed by atoms with E-state index in [0.717, 1.165) is 25.7 Å². The van der Waals surface area contributed by atoms with Gasteiger partial charge in [-0.15, -0.1) is 0 Å². The van der Waals surface area contributed by atoms with Crippen molar-refractivity contribution in [3.05, 3.63) is 18.0 Å². The molecule has 18 heavy (non-hydrogen) atoms. The monoisotopic (exact) mass is 250 g/mol. The van der Waals surface area contributed by atoms with Crippen LogP contribution in [0.3, 0.4) is 0 Å². The first kappa shape index (κ1) is 12.8. The number of ether oxygens (including phenoxy) is 1. The van der Waals surface area contributed by atoms with Crippen LogP contribution >= 0.6 is 0 Å². The molecule has 0 radical (unpaired) electrons. The minimum Gasteiger partial charge on any atom is -0.381 e. The van der Waals surface area contributed by atoms with E-state index in [4.69, 9.17) is 10.5 Å². The van der Waals surface area contributed by atoms with Crippen LogP contribution in [0.5, 0.6) is 0 Å². The first-order valence-electron chi connectivity index (χ1n) is 6.10. The summed E-state index contributed by atoms with van der Waals surface area (Å²) < 4.78 is 5.32. The van der Waals surface area contributed by atoms with Crippen molar-refractivity contribution in [3.8, 4) is 0 Å². The highest BCUT2D eigenvalue weighted by Crippen LogP contribution is 2.22. The molecule has 0 atom stereocenters. The molecule has 1 aromatic rings. The molecule has 1 aliphatic carbocycles. The minimum atomic E-state index is -0.512. The van der Waals surface area contributed by atoms with E-state index >= 15 is 0 Å². The smallest absolute Gasteiger partial charge is 0.251 e. The SMILES string of the molecule is CO[C@H]1CC[C@H](Nc2ncc(C(N)=O)cn2)CC1. The number of primary amides is 1. The van der Waals surface area contributed by atoms with Gasteiger partial charge in [0.25, 0.3) is 5.91 Å². The van der Waals surface area contributed by atoms with Crippen molar-refractivity contribution in [1.82, 2.24) is 9.97 Å². The van der Waals surface area contributed by atoms with Gasteiger partial charge in [0.15, 0.2) is 0 Å². The molecule has 6 heteroatoms. The molecule has 1 aliphatic rings. The van der Waals surface area contributed by atoms with Crippen LogP contribution in [0.2, 0.25) is 0 Å². The Kier molecular flexibility index (Phi) is 4.09. The van der Waals surface area contributed by atoms with Crippen molar-refractivity contribution >= 4 is 11.9 Å². The zero-order chi connectivity index (χ0) is 13.0. The van der Waals surface area contributed by atoms with Crippen molar-refractivity contribution in [3.63, 3.8) is 0 Å². The molecule has 0 bridgehead atoms. The third-order valence-electron chi connectivity index (χ3n) is 3.28. The van der Waals surface area contributed by atoms with Crippen molar-refractivity contribution in [2.75, 3.05) is 12.4 Å². The molecule has 1 aromatic heterocycles. The molecule has 1 fully saturated rings. The van der Waals surface area contributed by atoms with Gasteiger partial charge in [-0.05, 0) is 25.7 Å². The second-order valence-electron chi connectivity index (χ2n) is 4.51. The zero-order valence-electron chi connectivity index (χ0n) is 10.4. The van der Waals surface area contributed by atoms with Crippen LogP contribution in [0.4, 0.5) is 5.95 Å². The normalized spacial score (nSPS) is 23.6. The molecular formula is C12H18N4O2. The van der Waals surface area contributed by atoms with E-state index in [2.05, 4.69) is 15.3 Å². The van der Waals surface area contributed by atoms with Crippen LogP contribution < -0.4 is 11.1 Å².